The Bertz CT molecular complexity index is 492. The van der Waals surface area contributed by atoms with Crippen molar-refractivity contribution < 1.29 is 23.7 Å². The highest BCUT2D eigenvalue weighted by atomic mass is 16.7. The standard InChI is InChI=1S/C17H22O5/c1-19-16(18)10-9-14-6-2-3-7-15(14)20-12-13-22-17-8-4-5-11-21-17/h2-3,6-7,9-10,17H,4-5,8,11-13H2,1H3/b10-9+. The molecule has 120 valence electrons. The smallest absolute Gasteiger partial charge is 0.330 e. The summed E-state index contributed by atoms with van der Waals surface area (Å²) in [5.74, 6) is 0.309. The molecule has 0 aliphatic carbocycles. The highest BCUT2D eigenvalue weighted by Crippen LogP contribution is 2.20. The molecular formula is C17H22O5. The summed E-state index contributed by atoms with van der Waals surface area (Å²) in [6.45, 7) is 1.68. The van der Waals surface area contributed by atoms with Crippen LogP contribution in [0, 0.1) is 0 Å². The van der Waals surface area contributed by atoms with Crippen LogP contribution in [0.4, 0.5) is 0 Å². The third-order valence-electron chi connectivity index (χ3n) is 3.30. The summed E-state index contributed by atoms with van der Waals surface area (Å²) in [5.41, 5.74) is 0.821. The van der Waals surface area contributed by atoms with Crippen molar-refractivity contribution in [3.05, 3.63) is 35.9 Å². The van der Waals surface area contributed by atoms with Crippen LogP contribution in [0.25, 0.3) is 6.08 Å². The van der Waals surface area contributed by atoms with Gasteiger partial charge in [0.05, 0.1) is 13.7 Å². The van der Waals surface area contributed by atoms with Gasteiger partial charge in [-0.3, -0.25) is 0 Å². The van der Waals surface area contributed by atoms with Gasteiger partial charge in [-0.15, -0.1) is 0 Å². The molecule has 1 saturated heterocycles. The SMILES string of the molecule is COC(=O)/C=C/c1ccccc1OCCOC1CCCCO1. The van der Waals surface area contributed by atoms with Crippen molar-refractivity contribution in [2.45, 2.75) is 25.6 Å². The molecule has 1 atom stereocenters. The third kappa shape index (κ3) is 5.50. The maximum Gasteiger partial charge on any atom is 0.330 e. The molecule has 0 aromatic heterocycles. The Balaban J connectivity index is 1.79. The second kappa shape index (κ2) is 9.23. The zero-order chi connectivity index (χ0) is 15.6. The van der Waals surface area contributed by atoms with E-state index in [0.29, 0.717) is 19.0 Å². The van der Waals surface area contributed by atoms with Crippen LogP contribution in [0.3, 0.4) is 0 Å². The molecule has 1 fully saturated rings. The molecule has 0 spiro atoms. The van der Waals surface area contributed by atoms with Crippen molar-refractivity contribution in [1.29, 1.82) is 0 Å². The Morgan fingerprint density at radius 3 is 2.95 bits per heavy atom. The lowest BCUT2D eigenvalue weighted by molar-refractivity contribution is -0.165. The Kier molecular flexibility index (Phi) is 6.93. The van der Waals surface area contributed by atoms with Gasteiger partial charge in [-0.2, -0.15) is 0 Å². The molecule has 1 heterocycles. The first-order chi connectivity index (χ1) is 10.8. The van der Waals surface area contributed by atoms with Crippen molar-refractivity contribution in [2.24, 2.45) is 0 Å². The largest absolute Gasteiger partial charge is 0.491 e. The van der Waals surface area contributed by atoms with E-state index in [4.69, 9.17) is 14.2 Å². The highest BCUT2D eigenvalue weighted by molar-refractivity contribution is 5.87. The minimum Gasteiger partial charge on any atom is -0.491 e. The van der Waals surface area contributed by atoms with E-state index in [0.717, 1.165) is 31.4 Å². The van der Waals surface area contributed by atoms with Crippen LogP contribution in [0.1, 0.15) is 24.8 Å². The molecular weight excluding hydrogens is 284 g/mol. The highest BCUT2D eigenvalue weighted by Gasteiger charge is 2.13. The minimum absolute atomic E-state index is 0.105. The lowest BCUT2D eigenvalue weighted by Crippen LogP contribution is -2.24. The predicted octanol–water partition coefficient (Wildman–Crippen LogP) is 2.79. The molecule has 0 radical (unpaired) electrons. The minimum atomic E-state index is -0.396. The number of rotatable bonds is 7. The maximum absolute atomic E-state index is 11.1. The summed E-state index contributed by atoms with van der Waals surface area (Å²) in [6.07, 6.45) is 6.13. The molecule has 1 aliphatic heterocycles. The van der Waals surface area contributed by atoms with E-state index >= 15 is 0 Å². The van der Waals surface area contributed by atoms with E-state index in [-0.39, 0.29) is 6.29 Å². The van der Waals surface area contributed by atoms with Crippen LogP contribution in [0.2, 0.25) is 0 Å². The molecule has 1 unspecified atom stereocenters. The zero-order valence-electron chi connectivity index (χ0n) is 12.8. The first kappa shape index (κ1) is 16.5. The zero-order valence-corrected chi connectivity index (χ0v) is 12.8. The van der Waals surface area contributed by atoms with E-state index in [2.05, 4.69) is 4.74 Å². The maximum atomic E-state index is 11.1. The van der Waals surface area contributed by atoms with E-state index in [1.54, 1.807) is 6.08 Å². The summed E-state index contributed by atoms with van der Waals surface area (Å²) in [4.78, 5) is 11.1. The topological polar surface area (TPSA) is 54.0 Å². The molecule has 1 aromatic rings. The molecule has 5 nitrogen and oxygen atoms in total. The van der Waals surface area contributed by atoms with Crippen molar-refractivity contribution in [3.63, 3.8) is 0 Å². The Morgan fingerprint density at radius 2 is 2.18 bits per heavy atom. The van der Waals surface area contributed by atoms with Crippen LogP contribution < -0.4 is 4.74 Å². The summed E-state index contributed by atoms with van der Waals surface area (Å²) in [7, 11) is 1.35. The normalized spacial score (nSPS) is 18.3. The fourth-order valence-electron chi connectivity index (χ4n) is 2.15. The number of para-hydroxylation sites is 1. The van der Waals surface area contributed by atoms with Crippen LogP contribution in [-0.4, -0.2) is 39.2 Å². The van der Waals surface area contributed by atoms with Gasteiger partial charge in [-0.05, 0) is 31.4 Å². The lowest BCUT2D eigenvalue weighted by Gasteiger charge is -2.22. The second-order valence-corrected chi connectivity index (χ2v) is 4.91. The molecule has 5 heteroatoms. The fraction of sp³-hybridized carbons (Fsp3) is 0.471. The number of esters is 1. The van der Waals surface area contributed by atoms with Gasteiger partial charge < -0.3 is 18.9 Å². The molecule has 1 aromatic carbocycles. The molecule has 0 N–H and O–H groups in total. The van der Waals surface area contributed by atoms with Crippen molar-refractivity contribution in [3.8, 4) is 5.75 Å². The van der Waals surface area contributed by atoms with Crippen molar-refractivity contribution in [1.82, 2.24) is 0 Å². The van der Waals surface area contributed by atoms with Crippen LogP contribution in [0.5, 0.6) is 5.75 Å². The third-order valence-corrected chi connectivity index (χ3v) is 3.30. The number of ether oxygens (including phenoxy) is 4. The Labute approximate surface area is 130 Å². The van der Waals surface area contributed by atoms with Gasteiger partial charge >= 0.3 is 5.97 Å². The van der Waals surface area contributed by atoms with Gasteiger partial charge in [0.25, 0.3) is 0 Å². The number of carbonyl (C=O) groups is 1. The fourth-order valence-corrected chi connectivity index (χ4v) is 2.15. The summed E-state index contributed by atoms with van der Waals surface area (Å²) in [6, 6.07) is 7.50. The average Bonchev–Trinajstić information content (AvgIpc) is 2.58. The van der Waals surface area contributed by atoms with Gasteiger partial charge in [0, 0.05) is 18.2 Å². The summed E-state index contributed by atoms with van der Waals surface area (Å²) < 4.78 is 21.4. The molecule has 0 bridgehead atoms. The number of benzene rings is 1. The molecule has 2 rings (SSSR count). The van der Waals surface area contributed by atoms with Gasteiger partial charge in [-0.1, -0.05) is 18.2 Å². The van der Waals surface area contributed by atoms with E-state index in [1.807, 2.05) is 24.3 Å². The quantitative estimate of drug-likeness (QED) is 0.440. The second-order valence-electron chi connectivity index (χ2n) is 4.91. The molecule has 1 aliphatic rings. The first-order valence-corrected chi connectivity index (χ1v) is 7.50. The number of hydrogen-bond donors (Lipinski definition) is 0. The van der Waals surface area contributed by atoms with Gasteiger partial charge in [0.1, 0.15) is 12.4 Å². The van der Waals surface area contributed by atoms with E-state index < -0.39 is 5.97 Å². The monoisotopic (exact) mass is 306 g/mol. The van der Waals surface area contributed by atoms with Crippen molar-refractivity contribution in [2.75, 3.05) is 26.9 Å². The lowest BCUT2D eigenvalue weighted by atomic mass is 10.2. The predicted molar refractivity (Wildman–Crippen MR) is 82.5 cm³/mol. The summed E-state index contributed by atoms with van der Waals surface area (Å²) >= 11 is 0. The van der Waals surface area contributed by atoms with E-state index in [1.165, 1.54) is 13.2 Å². The van der Waals surface area contributed by atoms with Gasteiger partial charge in [-0.25, -0.2) is 4.79 Å². The van der Waals surface area contributed by atoms with Crippen LogP contribution in [-0.2, 0) is 19.0 Å². The van der Waals surface area contributed by atoms with Crippen LogP contribution in [0.15, 0.2) is 30.3 Å². The molecule has 0 amide bonds. The number of hydrogen-bond acceptors (Lipinski definition) is 5. The first-order valence-electron chi connectivity index (χ1n) is 7.50. The van der Waals surface area contributed by atoms with Crippen LogP contribution >= 0.6 is 0 Å². The average molecular weight is 306 g/mol. The number of methoxy groups -OCH3 is 1. The summed E-state index contributed by atoms with van der Waals surface area (Å²) in [5, 5.41) is 0. The van der Waals surface area contributed by atoms with Crippen molar-refractivity contribution >= 4 is 12.0 Å². The Hall–Kier alpha value is -1.85. The molecule has 22 heavy (non-hydrogen) atoms. The molecule has 0 saturated carbocycles. The van der Waals surface area contributed by atoms with E-state index in [9.17, 15) is 4.79 Å². The van der Waals surface area contributed by atoms with Gasteiger partial charge in [0.15, 0.2) is 6.29 Å². The van der Waals surface area contributed by atoms with Gasteiger partial charge in [0.2, 0.25) is 0 Å². The number of carbonyl (C=O) groups excluding carboxylic acids is 1. The Morgan fingerprint density at radius 1 is 1.32 bits per heavy atom.